The molecule has 7 nitrogen and oxygen atoms in total. The van der Waals surface area contributed by atoms with Crippen LogP contribution in [0.3, 0.4) is 0 Å². The van der Waals surface area contributed by atoms with E-state index in [1.807, 2.05) is 42.5 Å². The number of aliphatic hydroxyl groups excluding tert-OH is 1. The van der Waals surface area contributed by atoms with Crippen molar-refractivity contribution in [3.05, 3.63) is 52.5 Å². The van der Waals surface area contributed by atoms with Crippen molar-refractivity contribution in [2.75, 3.05) is 27.4 Å². The number of nitrogens with one attached hydrogen (secondary N) is 1. The molecule has 0 aliphatic rings. The van der Waals surface area contributed by atoms with Crippen molar-refractivity contribution >= 4 is 45.9 Å². The number of hydrogen-bond acceptors (Lipinski definition) is 5. The number of aliphatic hydroxyl groups is 1. The highest BCUT2D eigenvalue weighted by Gasteiger charge is 2.08. The Bertz CT molecular complexity index is 777. The lowest BCUT2D eigenvalue weighted by atomic mass is 10.2. The molecule has 0 aromatic heterocycles. The summed E-state index contributed by atoms with van der Waals surface area (Å²) in [5.74, 6) is 2.21. The lowest BCUT2D eigenvalue weighted by Gasteiger charge is -2.14. The number of methoxy groups -OCH3 is 2. The summed E-state index contributed by atoms with van der Waals surface area (Å²) in [7, 11) is 3.17. The average molecular weight is 566 g/mol. The third kappa shape index (κ3) is 7.72. The molecule has 0 heterocycles. The number of para-hydroxylation sites is 1. The van der Waals surface area contributed by atoms with Gasteiger partial charge in [-0.2, -0.15) is 0 Å². The fourth-order valence-corrected chi connectivity index (χ4v) is 2.64. The van der Waals surface area contributed by atoms with Gasteiger partial charge in [0.2, 0.25) is 0 Å². The first kappa shape index (κ1) is 24.3. The lowest BCUT2D eigenvalue weighted by molar-refractivity contribution is 0.110. The fraction of sp³-hybridized carbons (Fsp3) is 0.316. The largest absolute Gasteiger partial charge is 0.493 e. The molecule has 9 heteroatoms. The molecule has 0 bridgehead atoms. The van der Waals surface area contributed by atoms with Crippen molar-refractivity contribution in [1.29, 1.82) is 0 Å². The number of aliphatic imine (C=N–C) groups is 1. The quantitative estimate of drug-likeness (QED) is 0.246. The minimum Gasteiger partial charge on any atom is -0.493 e. The van der Waals surface area contributed by atoms with Gasteiger partial charge in [0.05, 0.1) is 25.2 Å². The molecule has 0 saturated carbocycles. The van der Waals surface area contributed by atoms with Crippen molar-refractivity contribution in [2.45, 2.75) is 12.6 Å². The first-order valence-electron chi connectivity index (χ1n) is 8.33. The van der Waals surface area contributed by atoms with E-state index in [1.54, 1.807) is 14.2 Å². The van der Waals surface area contributed by atoms with Crippen LogP contribution in [0.15, 0.2) is 51.9 Å². The summed E-state index contributed by atoms with van der Waals surface area (Å²) in [6, 6.07) is 13.0. The summed E-state index contributed by atoms with van der Waals surface area (Å²) < 4.78 is 16.9. The molecule has 0 radical (unpaired) electrons. The Hall–Kier alpha value is -1.72. The maximum Gasteiger partial charge on any atom is 0.189 e. The molecule has 0 fully saturated rings. The molecular weight excluding hydrogens is 541 g/mol. The van der Waals surface area contributed by atoms with Gasteiger partial charge in [-0.3, -0.25) is 0 Å². The van der Waals surface area contributed by atoms with Crippen LogP contribution in [0.4, 0.5) is 0 Å². The summed E-state index contributed by atoms with van der Waals surface area (Å²) in [5.41, 5.74) is 6.78. The van der Waals surface area contributed by atoms with Gasteiger partial charge in [-0.1, -0.05) is 18.2 Å². The average Bonchev–Trinajstić information content (AvgIpc) is 2.69. The van der Waals surface area contributed by atoms with Crippen molar-refractivity contribution in [3.8, 4) is 17.2 Å². The molecule has 0 aliphatic carbocycles. The van der Waals surface area contributed by atoms with E-state index in [4.69, 9.17) is 19.9 Å². The van der Waals surface area contributed by atoms with E-state index >= 15 is 0 Å². The van der Waals surface area contributed by atoms with E-state index in [9.17, 15) is 5.11 Å². The second kappa shape index (κ2) is 12.7. The topological polar surface area (TPSA) is 98.3 Å². The Morgan fingerprint density at radius 1 is 1.14 bits per heavy atom. The highest BCUT2D eigenvalue weighted by Crippen LogP contribution is 2.27. The Labute approximate surface area is 190 Å². The number of nitrogens with two attached hydrogens (primary N) is 1. The standard InChI is InChI=1S/C19H24BrN3O4.HI/c1-25-17-8-7-13(9-18(17)26-2)10-22-19(21)23-11-14(24)12-27-16-6-4-3-5-15(16)20;/h3-9,14,24H,10-12H2,1-2H3,(H3,21,22,23);1H. The van der Waals surface area contributed by atoms with E-state index in [0.29, 0.717) is 23.8 Å². The summed E-state index contributed by atoms with van der Waals surface area (Å²) in [5, 5.41) is 12.9. The molecule has 0 saturated heterocycles. The van der Waals surface area contributed by atoms with E-state index in [1.165, 1.54) is 0 Å². The van der Waals surface area contributed by atoms with E-state index in [-0.39, 0.29) is 43.1 Å². The van der Waals surface area contributed by atoms with Gasteiger partial charge in [0.15, 0.2) is 17.5 Å². The van der Waals surface area contributed by atoms with Gasteiger partial charge < -0.3 is 30.4 Å². The van der Waals surface area contributed by atoms with Crippen molar-refractivity contribution in [3.63, 3.8) is 0 Å². The Morgan fingerprint density at radius 3 is 2.54 bits per heavy atom. The molecule has 1 unspecified atom stereocenters. The van der Waals surface area contributed by atoms with Crippen LogP contribution >= 0.6 is 39.9 Å². The summed E-state index contributed by atoms with van der Waals surface area (Å²) >= 11 is 3.39. The number of nitrogens with zero attached hydrogens (tertiary/aromatic N) is 1. The zero-order chi connectivity index (χ0) is 19.6. The zero-order valence-electron chi connectivity index (χ0n) is 15.7. The summed E-state index contributed by atoms with van der Waals surface area (Å²) in [6.45, 7) is 0.743. The van der Waals surface area contributed by atoms with Gasteiger partial charge in [-0.25, -0.2) is 4.99 Å². The van der Waals surface area contributed by atoms with E-state index in [0.717, 1.165) is 10.0 Å². The van der Waals surface area contributed by atoms with Crippen LogP contribution in [0.2, 0.25) is 0 Å². The SMILES string of the molecule is COc1ccc(CN=C(N)NCC(O)COc2ccccc2Br)cc1OC.I. The molecule has 2 rings (SSSR count). The Morgan fingerprint density at radius 2 is 1.86 bits per heavy atom. The normalized spacial score (nSPS) is 11.9. The smallest absolute Gasteiger partial charge is 0.189 e. The minimum atomic E-state index is -0.730. The molecule has 2 aromatic carbocycles. The molecule has 0 aliphatic heterocycles. The second-order valence-electron chi connectivity index (χ2n) is 5.67. The zero-order valence-corrected chi connectivity index (χ0v) is 19.6. The monoisotopic (exact) mass is 565 g/mol. The van der Waals surface area contributed by atoms with Crippen molar-refractivity contribution in [1.82, 2.24) is 5.32 Å². The molecule has 28 heavy (non-hydrogen) atoms. The third-order valence-electron chi connectivity index (χ3n) is 3.67. The number of hydrogen-bond donors (Lipinski definition) is 3. The number of benzene rings is 2. The molecular formula is C19H25BrIN3O4. The van der Waals surface area contributed by atoms with Crippen molar-refractivity contribution in [2.24, 2.45) is 10.7 Å². The van der Waals surface area contributed by atoms with E-state index < -0.39 is 6.10 Å². The molecule has 0 spiro atoms. The van der Waals surface area contributed by atoms with Gasteiger partial charge in [0, 0.05) is 6.54 Å². The van der Waals surface area contributed by atoms with Crippen LogP contribution in [0, 0.1) is 0 Å². The van der Waals surface area contributed by atoms with Crippen LogP contribution in [0.1, 0.15) is 5.56 Å². The Kier molecular flexibility index (Phi) is 11.0. The van der Waals surface area contributed by atoms with Gasteiger partial charge in [-0.05, 0) is 45.8 Å². The number of halogens is 2. The predicted molar refractivity (Wildman–Crippen MR) is 124 cm³/mol. The Balaban J connectivity index is 0.00000392. The molecule has 0 amide bonds. The molecule has 154 valence electrons. The fourth-order valence-electron chi connectivity index (χ4n) is 2.24. The lowest BCUT2D eigenvalue weighted by Crippen LogP contribution is -2.39. The van der Waals surface area contributed by atoms with Crippen LogP contribution < -0.4 is 25.3 Å². The summed E-state index contributed by atoms with van der Waals surface area (Å²) in [4.78, 5) is 4.26. The minimum absolute atomic E-state index is 0. The molecule has 4 N–H and O–H groups in total. The maximum absolute atomic E-state index is 10.0. The van der Waals surface area contributed by atoms with Crippen LogP contribution in [-0.4, -0.2) is 44.5 Å². The summed E-state index contributed by atoms with van der Waals surface area (Å²) in [6.07, 6.45) is -0.730. The number of rotatable bonds is 9. The first-order valence-corrected chi connectivity index (χ1v) is 9.13. The molecule has 1 atom stereocenters. The van der Waals surface area contributed by atoms with Crippen LogP contribution in [0.25, 0.3) is 0 Å². The highest BCUT2D eigenvalue weighted by atomic mass is 127. The van der Waals surface area contributed by atoms with Crippen LogP contribution in [0.5, 0.6) is 17.2 Å². The van der Waals surface area contributed by atoms with Gasteiger partial charge in [0.25, 0.3) is 0 Å². The first-order chi connectivity index (χ1) is 13.0. The number of ether oxygens (including phenoxy) is 3. The van der Waals surface area contributed by atoms with Gasteiger partial charge in [-0.15, -0.1) is 24.0 Å². The van der Waals surface area contributed by atoms with Crippen LogP contribution in [-0.2, 0) is 6.54 Å². The van der Waals surface area contributed by atoms with E-state index in [2.05, 4.69) is 26.2 Å². The maximum atomic E-state index is 10.0. The predicted octanol–water partition coefficient (Wildman–Crippen LogP) is 2.93. The second-order valence-corrected chi connectivity index (χ2v) is 6.52. The van der Waals surface area contributed by atoms with Gasteiger partial charge in [0.1, 0.15) is 18.5 Å². The van der Waals surface area contributed by atoms with Gasteiger partial charge >= 0.3 is 0 Å². The highest BCUT2D eigenvalue weighted by molar-refractivity contribution is 14.0. The number of guanidine groups is 1. The third-order valence-corrected chi connectivity index (χ3v) is 4.32. The molecule has 2 aromatic rings. The van der Waals surface area contributed by atoms with Crippen molar-refractivity contribution < 1.29 is 19.3 Å².